The van der Waals surface area contributed by atoms with Crippen molar-refractivity contribution in [2.75, 3.05) is 0 Å². The van der Waals surface area contributed by atoms with Gasteiger partial charge in [0, 0.05) is 17.6 Å². The minimum atomic E-state index is 0.375. The number of hydrogen-bond acceptors (Lipinski definition) is 2. The second-order valence-electron chi connectivity index (χ2n) is 3.55. The molecule has 1 aromatic carbocycles. The van der Waals surface area contributed by atoms with E-state index < -0.39 is 0 Å². The lowest BCUT2D eigenvalue weighted by Crippen LogP contribution is -2.04. The Balaban J connectivity index is 2.60. The van der Waals surface area contributed by atoms with Crippen molar-refractivity contribution in [2.24, 2.45) is 12.8 Å². The van der Waals surface area contributed by atoms with E-state index >= 15 is 0 Å². The van der Waals surface area contributed by atoms with Crippen LogP contribution in [0.1, 0.15) is 5.82 Å². The summed E-state index contributed by atoms with van der Waals surface area (Å²) in [5.41, 5.74) is 7.22. The van der Waals surface area contributed by atoms with E-state index in [9.17, 15) is 0 Å². The van der Waals surface area contributed by atoms with Crippen molar-refractivity contribution in [3.05, 3.63) is 38.7 Å². The van der Waals surface area contributed by atoms with Crippen molar-refractivity contribution in [2.45, 2.75) is 6.54 Å². The molecule has 0 saturated carbocycles. The lowest BCUT2D eigenvalue weighted by molar-refractivity contribution is 0.781. The third-order valence-electron chi connectivity index (χ3n) is 2.49. The fourth-order valence-electron chi connectivity index (χ4n) is 1.56. The Kier molecular flexibility index (Phi) is 3.78. The van der Waals surface area contributed by atoms with Crippen LogP contribution in [0.4, 0.5) is 0 Å². The van der Waals surface area contributed by atoms with Gasteiger partial charge in [0.05, 0.1) is 11.6 Å². The van der Waals surface area contributed by atoms with E-state index in [0.717, 1.165) is 21.7 Å². The predicted octanol–water partition coefficient (Wildman–Crippen LogP) is 3.62. The van der Waals surface area contributed by atoms with Crippen LogP contribution in [0, 0.1) is 0 Å². The van der Waals surface area contributed by atoms with Gasteiger partial charge in [-0.2, -0.15) is 0 Å². The number of aromatic nitrogens is 2. The highest BCUT2D eigenvalue weighted by Gasteiger charge is 2.15. The predicted molar refractivity (Wildman–Crippen MR) is 74.3 cm³/mol. The molecule has 0 unspecified atom stereocenters. The second-order valence-corrected chi connectivity index (χ2v) is 5.15. The fourth-order valence-corrected chi connectivity index (χ4v) is 2.56. The van der Waals surface area contributed by atoms with Gasteiger partial charge in [0.1, 0.15) is 16.1 Å². The van der Waals surface area contributed by atoms with Crippen molar-refractivity contribution >= 4 is 39.1 Å². The van der Waals surface area contributed by atoms with Gasteiger partial charge in [-0.15, -0.1) is 0 Å². The number of rotatable bonds is 2. The largest absolute Gasteiger partial charge is 0.324 e. The summed E-state index contributed by atoms with van der Waals surface area (Å²) in [7, 11) is 1.90. The summed E-state index contributed by atoms with van der Waals surface area (Å²) < 4.78 is 2.74. The molecule has 0 aliphatic heterocycles. The summed E-state index contributed by atoms with van der Waals surface area (Å²) in [5, 5.41) is 1.17. The van der Waals surface area contributed by atoms with Crippen LogP contribution in [0.15, 0.2) is 22.8 Å². The van der Waals surface area contributed by atoms with Crippen molar-refractivity contribution in [1.82, 2.24) is 9.55 Å². The Hall–Kier alpha value is -0.550. The van der Waals surface area contributed by atoms with Crippen LogP contribution < -0.4 is 5.73 Å². The number of imidazole rings is 1. The molecule has 0 saturated heterocycles. The lowest BCUT2D eigenvalue weighted by atomic mass is 10.2. The molecule has 0 amide bonds. The zero-order valence-electron chi connectivity index (χ0n) is 9.04. The molecule has 0 radical (unpaired) electrons. The molecule has 17 heavy (non-hydrogen) atoms. The monoisotopic (exact) mass is 333 g/mol. The lowest BCUT2D eigenvalue weighted by Gasteiger charge is -2.02. The van der Waals surface area contributed by atoms with Crippen molar-refractivity contribution in [1.29, 1.82) is 0 Å². The van der Waals surface area contributed by atoms with Crippen LogP contribution >= 0.6 is 39.1 Å². The number of nitrogens with zero attached hydrogens (tertiary/aromatic N) is 2. The van der Waals surface area contributed by atoms with E-state index in [1.54, 1.807) is 12.1 Å². The summed E-state index contributed by atoms with van der Waals surface area (Å²) in [6, 6.07) is 5.33. The van der Waals surface area contributed by atoms with Crippen LogP contribution in [0.5, 0.6) is 0 Å². The Morgan fingerprint density at radius 3 is 2.65 bits per heavy atom. The van der Waals surface area contributed by atoms with E-state index in [1.807, 2.05) is 17.7 Å². The van der Waals surface area contributed by atoms with Crippen LogP contribution in [0.3, 0.4) is 0 Å². The van der Waals surface area contributed by atoms with Crippen molar-refractivity contribution in [3.63, 3.8) is 0 Å². The molecule has 3 nitrogen and oxygen atoms in total. The minimum absolute atomic E-state index is 0.375. The first kappa shape index (κ1) is 12.9. The Morgan fingerprint density at radius 2 is 2.12 bits per heavy atom. The van der Waals surface area contributed by atoms with Gasteiger partial charge in [-0.3, -0.25) is 0 Å². The van der Waals surface area contributed by atoms with Crippen LogP contribution in [-0.4, -0.2) is 9.55 Å². The smallest absolute Gasteiger partial charge is 0.123 e. The van der Waals surface area contributed by atoms with E-state index in [-0.39, 0.29) is 0 Å². The zero-order chi connectivity index (χ0) is 12.6. The van der Waals surface area contributed by atoms with E-state index in [0.29, 0.717) is 16.6 Å². The molecule has 0 aliphatic rings. The average Bonchev–Trinajstić information content (AvgIpc) is 2.57. The van der Waals surface area contributed by atoms with Crippen LogP contribution in [-0.2, 0) is 13.6 Å². The highest BCUT2D eigenvalue weighted by atomic mass is 79.9. The molecule has 0 spiro atoms. The van der Waals surface area contributed by atoms with Crippen LogP contribution in [0.25, 0.3) is 11.3 Å². The van der Waals surface area contributed by atoms with Gasteiger partial charge in [0.2, 0.25) is 0 Å². The SMILES string of the molecule is Cn1c(CN)nc(-c2ccc(Cl)cc2Cl)c1Br. The summed E-state index contributed by atoms with van der Waals surface area (Å²) in [5.74, 6) is 0.790. The highest BCUT2D eigenvalue weighted by molar-refractivity contribution is 9.10. The molecular formula is C11H10BrCl2N3. The zero-order valence-corrected chi connectivity index (χ0v) is 12.1. The number of nitrogens with two attached hydrogens (primary N) is 1. The average molecular weight is 335 g/mol. The minimum Gasteiger partial charge on any atom is -0.324 e. The molecule has 0 bridgehead atoms. The maximum Gasteiger partial charge on any atom is 0.123 e. The molecule has 2 rings (SSSR count). The van der Waals surface area contributed by atoms with Gasteiger partial charge < -0.3 is 10.3 Å². The van der Waals surface area contributed by atoms with E-state index in [4.69, 9.17) is 28.9 Å². The van der Waals surface area contributed by atoms with E-state index in [1.165, 1.54) is 0 Å². The first-order valence-corrected chi connectivity index (χ1v) is 6.46. The van der Waals surface area contributed by atoms with Gasteiger partial charge in [-0.1, -0.05) is 23.2 Å². The summed E-state index contributed by atoms with van der Waals surface area (Å²) in [4.78, 5) is 4.45. The second kappa shape index (κ2) is 4.98. The molecular weight excluding hydrogens is 325 g/mol. The summed E-state index contributed by atoms with van der Waals surface area (Å²) in [6.07, 6.45) is 0. The number of hydrogen-bond donors (Lipinski definition) is 1. The maximum atomic E-state index is 6.16. The molecule has 2 aromatic rings. The Bertz CT molecular complexity index is 566. The maximum absolute atomic E-state index is 6.16. The van der Waals surface area contributed by atoms with Crippen molar-refractivity contribution < 1.29 is 0 Å². The molecule has 0 fully saturated rings. The quantitative estimate of drug-likeness (QED) is 0.911. The molecule has 90 valence electrons. The fraction of sp³-hybridized carbons (Fsp3) is 0.182. The molecule has 6 heteroatoms. The van der Waals surface area contributed by atoms with Gasteiger partial charge in [-0.25, -0.2) is 4.98 Å². The van der Waals surface area contributed by atoms with Crippen LogP contribution in [0.2, 0.25) is 10.0 Å². The summed E-state index contributed by atoms with van der Waals surface area (Å²) >= 11 is 15.5. The number of halogens is 3. The first-order chi connectivity index (χ1) is 8.04. The molecule has 1 aromatic heterocycles. The summed E-state index contributed by atoms with van der Waals surface area (Å²) in [6.45, 7) is 0.375. The van der Waals surface area contributed by atoms with Crippen molar-refractivity contribution in [3.8, 4) is 11.3 Å². The normalized spacial score (nSPS) is 10.9. The third-order valence-corrected chi connectivity index (χ3v) is 3.94. The van der Waals surface area contributed by atoms with E-state index in [2.05, 4.69) is 20.9 Å². The molecule has 2 N–H and O–H groups in total. The molecule has 1 heterocycles. The van der Waals surface area contributed by atoms with Gasteiger partial charge in [0.25, 0.3) is 0 Å². The Labute approximate surface area is 118 Å². The standard InChI is InChI=1S/C11H10BrCl2N3/c1-17-9(5-15)16-10(11(17)12)7-3-2-6(13)4-8(7)14/h2-4H,5,15H2,1H3. The topological polar surface area (TPSA) is 43.8 Å². The third kappa shape index (κ3) is 2.36. The van der Waals surface area contributed by atoms with Gasteiger partial charge in [-0.05, 0) is 34.1 Å². The Morgan fingerprint density at radius 1 is 1.41 bits per heavy atom. The number of benzene rings is 1. The van der Waals surface area contributed by atoms with Gasteiger partial charge >= 0.3 is 0 Å². The highest BCUT2D eigenvalue weighted by Crippen LogP contribution is 2.34. The molecule has 0 aliphatic carbocycles. The first-order valence-electron chi connectivity index (χ1n) is 4.91. The molecule has 0 atom stereocenters. The van der Waals surface area contributed by atoms with Gasteiger partial charge in [0.15, 0.2) is 0 Å².